The lowest BCUT2D eigenvalue weighted by atomic mass is 10.1. The summed E-state index contributed by atoms with van der Waals surface area (Å²) in [7, 11) is 1.63. The number of nitrogens with zero attached hydrogens (tertiary/aromatic N) is 5. The molecular formula is C23H18FN5O2. The van der Waals surface area contributed by atoms with Gasteiger partial charge in [-0.1, -0.05) is 30.3 Å². The van der Waals surface area contributed by atoms with Crippen LogP contribution in [0.1, 0.15) is 5.56 Å². The van der Waals surface area contributed by atoms with Crippen molar-refractivity contribution >= 4 is 16.7 Å². The Balaban J connectivity index is 1.52. The van der Waals surface area contributed by atoms with Gasteiger partial charge in [-0.25, -0.2) is 8.91 Å². The number of ether oxygens (including phenoxy) is 1. The molecule has 154 valence electrons. The van der Waals surface area contributed by atoms with Gasteiger partial charge in [-0.3, -0.25) is 4.79 Å². The van der Waals surface area contributed by atoms with Crippen molar-refractivity contribution in [1.82, 2.24) is 24.4 Å². The van der Waals surface area contributed by atoms with E-state index in [-0.39, 0.29) is 16.9 Å². The third kappa shape index (κ3) is 3.31. The van der Waals surface area contributed by atoms with Crippen LogP contribution in [-0.2, 0) is 13.0 Å². The van der Waals surface area contributed by atoms with E-state index < -0.39 is 0 Å². The number of pyridine rings is 1. The molecule has 7 nitrogen and oxygen atoms in total. The van der Waals surface area contributed by atoms with Crippen LogP contribution < -0.4 is 10.3 Å². The van der Waals surface area contributed by atoms with Crippen molar-refractivity contribution < 1.29 is 9.13 Å². The molecule has 0 aliphatic heterocycles. The molecule has 0 saturated heterocycles. The maximum absolute atomic E-state index is 13.3. The van der Waals surface area contributed by atoms with E-state index in [2.05, 4.69) is 15.3 Å². The number of aryl methyl sites for hydroxylation is 2. The number of benzene rings is 2. The van der Waals surface area contributed by atoms with Crippen molar-refractivity contribution in [3.8, 4) is 16.9 Å². The van der Waals surface area contributed by atoms with Gasteiger partial charge in [-0.15, -0.1) is 10.2 Å². The Morgan fingerprint density at radius 3 is 2.65 bits per heavy atom. The number of rotatable bonds is 5. The van der Waals surface area contributed by atoms with Crippen LogP contribution in [0.2, 0.25) is 0 Å². The highest BCUT2D eigenvalue weighted by molar-refractivity contribution is 5.82. The Kier molecular flexibility index (Phi) is 4.66. The minimum Gasteiger partial charge on any atom is -0.496 e. The summed E-state index contributed by atoms with van der Waals surface area (Å²) in [6.45, 7) is 0.481. The summed E-state index contributed by atoms with van der Waals surface area (Å²) in [4.78, 5) is 13.0. The van der Waals surface area contributed by atoms with Crippen molar-refractivity contribution in [2.75, 3.05) is 7.11 Å². The van der Waals surface area contributed by atoms with E-state index in [4.69, 9.17) is 4.74 Å². The third-order valence-corrected chi connectivity index (χ3v) is 5.30. The van der Waals surface area contributed by atoms with Crippen LogP contribution in [0.4, 0.5) is 4.39 Å². The molecule has 5 aromatic rings. The van der Waals surface area contributed by atoms with E-state index >= 15 is 0 Å². The summed E-state index contributed by atoms with van der Waals surface area (Å²) in [5.41, 5.74) is 3.59. The summed E-state index contributed by atoms with van der Waals surface area (Å²) < 4.78 is 21.8. The van der Waals surface area contributed by atoms with Gasteiger partial charge in [-0.05, 0) is 41.8 Å². The van der Waals surface area contributed by atoms with Crippen LogP contribution in [0.15, 0.2) is 71.8 Å². The van der Waals surface area contributed by atoms with Gasteiger partial charge in [0.15, 0.2) is 11.2 Å². The standard InChI is InChI=1S/C23H18FN5O2/c1-31-20-5-3-2-4-16(20)10-12-28-13-11-19-21(23(28)30)26-27-22-18(14-25-29(19)22)15-6-8-17(24)9-7-15/h2-9,11,13-14H,10,12H2,1H3. The van der Waals surface area contributed by atoms with Crippen molar-refractivity contribution in [1.29, 1.82) is 0 Å². The van der Waals surface area contributed by atoms with Crippen molar-refractivity contribution in [2.24, 2.45) is 0 Å². The van der Waals surface area contributed by atoms with Crippen LogP contribution in [-0.4, -0.2) is 31.5 Å². The quantitative estimate of drug-likeness (QED) is 0.439. The number of aromatic nitrogens is 5. The fourth-order valence-electron chi connectivity index (χ4n) is 3.69. The Hall–Kier alpha value is -4.07. The number of methoxy groups -OCH3 is 1. The van der Waals surface area contributed by atoms with Crippen molar-refractivity contribution in [2.45, 2.75) is 13.0 Å². The lowest BCUT2D eigenvalue weighted by Gasteiger charge is -2.10. The van der Waals surface area contributed by atoms with E-state index in [0.29, 0.717) is 24.1 Å². The van der Waals surface area contributed by atoms with E-state index in [1.165, 1.54) is 12.1 Å². The van der Waals surface area contributed by atoms with Gasteiger partial charge in [0.2, 0.25) is 0 Å². The molecule has 0 unspecified atom stereocenters. The smallest absolute Gasteiger partial charge is 0.280 e. The molecule has 0 radical (unpaired) electrons. The molecule has 0 aliphatic carbocycles. The highest BCUT2D eigenvalue weighted by atomic mass is 19.1. The van der Waals surface area contributed by atoms with E-state index in [9.17, 15) is 9.18 Å². The van der Waals surface area contributed by atoms with Crippen molar-refractivity contribution in [3.05, 3.63) is 88.7 Å². The molecule has 0 saturated carbocycles. The minimum absolute atomic E-state index is 0.236. The molecule has 31 heavy (non-hydrogen) atoms. The first kappa shape index (κ1) is 18.9. The zero-order chi connectivity index (χ0) is 21.4. The lowest BCUT2D eigenvalue weighted by Crippen LogP contribution is -2.22. The average molecular weight is 415 g/mol. The van der Waals surface area contributed by atoms with Crippen LogP contribution in [0.25, 0.3) is 27.8 Å². The second-order valence-corrected chi connectivity index (χ2v) is 7.11. The molecule has 0 fully saturated rings. The van der Waals surface area contributed by atoms with Crippen LogP contribution >= 0.6 is 0 Å². The van der Waals surface area contributed by atoms with Gasteiger partial charge >= 0.3 is 0 Å². The molecule has 0 bridgehead atoms. The second kappa shape index (κ2) is 7.64. The van der Waals surface area contributed by atoms with Crippen LogP contribution in [0, 0.1) is 5.82 Å². The third-order valence-electron chi connectivity index (χ3n) is 5.30. The molecule has 0 amide bonds. The van der Waals surface area contributed by atoms with E-state index in [0.717, 1.165) is 22.4 Å². The monoisotopic (exact) mass is 415 g/mol. The second-order valence-electron chi connectivity index (χ2n) is 7.11. The molecule has 5 rings (SSSR count). The molecule has 0 N–H and O–H groups in total. The maximum Gasteiger partial charge on any atom is 0.280 e. The van der Waals surface area contributed by atoms with Gasteiger partial charge in [-0.2, -0.15) is 5.10 Å². The Labute approximate surface area is 176 Å². The van der Waals surface area contributed by atoms with Gasteiger partial charge < -0.3 is 9.30 Å². The number of fused-ring (bicyclic) bond motifs is 3. The molecule has 0 atom stereocenters. The van der Waals surface area contributed by atoms with E-state index in [1.807, 2.05) is 30.3 Å². The largest absolute Gasteiger partial charge is 0.496 e. The number of para-hydroxylation sites is 1. The zero-order valence-electron chi connectivity index (χ0n) is 16.7. The SMILES string of the molecule is COc1ccccc1CCn1ccc2c(nnc3c(-c4ccc(F)cc4)cnn32)c1=O. The first-order valence-electron chi connectivity index (χ1n) is 9.77. The van der Waals surface area contributed by atoms with E-state index in [1.54, 1.807) is 40.7 Å². The summed E-state index contributed by atoms with van der Waals surface area (Å²) >= 11 is 0. The Bertz CT molecular complexity index is 1460. The minimum atomic E-state index is -0.314. The molecule has 0 aliphatic rings. The Morgan fingerprint density at radius 2 is 1.84 bits per heavy atom. The van der Waals surface area contributed by atoms with Gasteiger partial charge in [0.25, 0.3) is 5.56 Å². The predicted octanol–water partition coefficient (Wildman–Crippen LogP) is 3.50. The van der Waals surface area contributed by atoms with Gasteiger partial charge in [0, 0.05) is 18.3 Å². The molecule has 8 heteroatoms. The predicted molar refractivity (Wildman–Crippen MR) is 115 cm³/mol. The number of hydrogen-bond acceptors (Lipinski definition) is 5. The summed E-state index contributed by atoms with van der Waals surface area (Å²) in [6, 6.07) is 15.6. The fraction of sp³-hybridized carbons (Fsp3) is 0.130. The molecule has 3 heterocycles. The van der Waals surface area contributed by atoms with Gasteiger partial charge in [0.1, 0.15) is 17.1 Å². The first-order chi connectivity index (χ1) is 15.2. The van der Waals surface area contributed by atoms with Gasteiger partial charge in [0.05, 0.1) is 13.3 Å². The normalized spacial score (nSPS) is 11.3. The summed E-state index contributed by atoms with van der Waals surface area (Å²) in [5.74, 6) is 0.480. The zero-order valence-corrected chi connectivity index (χ0v) is 16.7. The van der Waals surface area contributed by atoms with Crippen LogP contribution in [0.3, 0.4) is 0 Å². The fourth-order valence-corrected chi connectivity index (χ4v) is 3.69. The summed E-state index contributed by atoms with van der Waals surface area (Å²) in [6.07, 6.45) is 4.02. The highest BCUT2D eigenvalue weighted by Gasteiger charge is 2.14. The highest BCUT2D eigenvalue weighted by Crippen LogP contribution is 2.24. The summed E-state index contributed by atoms with van der Waals surface area (Å²) in [5, 5.41) is 12.8. The topological polar surface area (TPSA) is 74.3 Å². The maximum atomic E-state index is 13.3. The molecule has 2 aromatic carbocycles. The average Bonchev–Trinajstić information content (AvgIpc) is 3.24. The first-order valence-corrected chi connectivity index (χ1v) is 9.77. The lowest BCUT2D eigenvalue weighted by molar-refractivity contribution is 0.408. The van der Waals surface area contributed by atoms with Crippen molar-refractivity contribution in [3.63, 3.8) is 0 Å². The number of halogens is 1. The Morgan fingerprint density at radius 1 is 1.03 bits per heavy atom. The number of hydrogen-bond donors (Lipinski definition) is 0. The van der Waals surface area contributed by atoms with Crippen LogP contribution in [0.5, 0.6) is 5.75 Å². The molecule has 3 aromatic heterocycles. The molecular weight excluding hydrogens is 397 g/mol. The molecule has 0 spiro atoms.